The predicted octanol–water partition coefficient (Wildman–Crippen LogP) is 6.27. The molecular formula is C25H22ClF2N5O2. The van der Waals surface area contributed by atoms with E-state index in [1.54, 1.807) is 24.5 Å². The third-order valence-electron chi connectivity index (χ3n) is 6.32. The Morgan fingerprint density at radius 1 is 1.17 bits per heavy atom. The molecule has 4 aromatic rings. The van der Waals surface area contributed by atoms with Gasteiger partial charge in [0.05, 0.1) is 17.4 Å². The Balaban J connectivity index is 1.50. The van der Waals surface area contributed by atoms with Crippen molar-refractivity contribution in [3.05, 3.63) is 67.0 Å². The highest BCUT2D eigenvalue weighted by Gasteiger charge is 2.28. The predicted molar refractivity (Wildman–Crippen MR) is 129 cm³/mol. The number of nitrogens with one attached hydrogen (secondary N) is 1. The molecule has 1 fully saturated rings. The van der Waals surface area contributed by atoms with Gasteiger partial charge in [-0.3, -0.25) is 4.79 Å². The van der Waals surface area contributed by atoms with E-state index < -0.39 is 5.57 Å². The van der Waals surface area contributed by atoms with Crippen molar-refractivity contribution < 1.29 is 18.3 Å². The Morgan fingerprint density at radius 2 is 1.91 bits per heavy atom. The molecule has 1 aliphatic rings. The van der Waals surface area contributed by atoms with E-state index >= 15 is 0 Å². The number of fused-ring (bicyclic) bond motifs is 1. The van der Waals surface area contributed by atoms with Gasteiger partial charge < -0.3 is 14.6 Å². The minimum atomic E-state index is -3.81. The quantitative estimate of drug-likeness (QED) is 0.317. The second-order valence-electron chi connectivity index (χ2n) is 8.67. The van der Waals surface area contributed by atoms with Crippen LogP contribution in [0.15, 0.2) is 61.4 Å². The Morgan fingerprint density at radius 3 is 2.57 bits per heavy atom. The molecule has 2 heterocycles. The Kier molecular flexibility index (Phi) is 6.10. The molecule has 1 aliphatic carbocycles. The molecule has 1 N–H and O–H groups in total. The van der Waals surface area contributed by atoms with Gasteiger partial charge in [0.1, 0.15) is 12.1 Å². The maximum absolute atomic E-state index is 13.1. The van der Waals surface area contributed by atoms with Crippen LogP contribution in [0.2, 0.25) is 0 Å². The van der Waals surface area contributed by atoms with Crippen molar-refractivity contribution in [3.8, 4) is 16.9 Å². The molecule has 2 aromatic carbocycles. The lowest BCUT2D eigenvalue weighted by atomic mass is 10.0. The van der Waals surface area contributed by atoms with Crippen LogP contribution in [0.1, 0.15) is 42.6 Å². The number of alkyl halides is 3. The zero-order valence-corrected chi connectivity index (χ0v) is 19.5. The van der Waals surface area contributed by atoms with Crippen molar-refractivity contribution in [2.75, 3.05) is 5.32 Å². The number of amides is 1. The molecule has 0 radical (unpaired) electrons. The van der Waals surface area contributed by atoms with Gasteiger partial charge in [-0.05, 0) is 55.2 Å². The molecule has 0 saturated heterocycles. The molecule has 180 valence electrons. The van der Waals surface area contributed by atoms with E-state index in [0.29, 0.717) is 28.7 Å². The van der Waals surface area contributed by atoms with Crippen molar-refractivity contribution in [1.29, 1.82) is 0 Å². The molecule has 0 spiro atoms. The number of carbonyl (C=O) groups is 1. The molecule has 2 atom stereocenters. The van der Waals surface area contributed by atoms with E-state index in [9.17, 15) is 13.6 Å². The number of halogens is 3. The molecule has 1 saturated carbocycles. The fraction of sp³-hybridized carbons (Fsp3) is 0.280. The average Bonchev–Trinajstić information content (AvgIpc) is 3.45. The first-order valence-corrected chi connectivity index (χ1v) is 11.6. The number of anilines is 1. The summed E-state index contributed by atoms with van der Waals surface area (Å²) in [6.45, 7) is 2.25. The number of nitrogens with zero attached hydrogens (tertiary/aromatic N) is 4. The molecule has 0 bridgehead atoms. The largest absolute Gasteiger partial charge is 0.487 e. The number of hydrogen-bond acceptors (Lipinski definition) is 5. The minimum absolute atomic E-state index is 0.123. The van der Waals surface area contributed by atoms with Crippen LogP contribution in [-0.2, 0) is 0 Å². The maximum Gasteiger partial charge on any atom is 0.487 e. The van der Waals surface area contributed by atoms with Gasteiger partial charge >= 0.3 is 5.57 Å². The molecule has 1 amide bonds. The van der Waals surface area contributed by atoms with E-state index in [2.05, 4.69) is 36.5 Å². The number of carbonyl (C=O) groups excluding carboxylic acids is 1. The van der Waals surface area contributed by atoms with Gasteiger partial charge in [0.2, 0.25) is 0 Å². The molecule has 10 heteroatoms. The third kappa shape index (κ3) is 4.95. The van der Waals surface area contributed by atoms with Crippen LogP contribution in [0.4, 0.5) is 14.5 Å². The number of hydrogen-bond donors (Lipinski definition) is 1. The van der Waals surface area contributed by atoms with Gasteiger partial charge in [-0.2, -0.15) is 0 Å². The van der Waals surface area contributed by atoms with Gasteiger partial charge in [0.25, 0.3) is 5.91 Å². The molecule has 0 unspecified atom stereocenters. The van der Waals surface area contributed by atoms with Crippen molar-refractivity contribution in [2.24, 2.45) is 5.92 Å². The summed E-state index contributed by atoms with van der Waals surface area (Å²) in [6.07, 6.45) is 10.1. The summed E-state index contributed by atoms with van der Waals surface area (Å²) < 4.78 is 32.2. The third-order valence-corrected chi connectivity index (χ3v) is 6.40. The van der Waals surface area contributed by atoms with Crippen LogP contribution in [0.3, 0.4) is 0 Å². The molecule has 5 rings (SSSR count). The first-order chi connectivity index (χ1) is 16.8. The minimum Gasteiger partial charge on any atom is -0.420 e. The Bertz CT molecular complexity index is 1360. The number of aromatic nitrogens is 4. The van der Waals surface area contributed by atoms with E-state index in [4.69, 9.17) is 11.6 Å². The van der Waals surface area contributed by atoms with Gasteiger partial charge in [-0.15, -0.1) is 8.78 Å². The van der Waals surface area contributed by atoms with Gasteiger partial charge in [-0.25, -0.2) is 15.0 Å². The van der Waals surface area contributed by atoms with Crippen LogP contribution in [0.25, 0.3) is 22.2 Å². The SMILES string of the molecule is C[C@H]1CCC[C@H]1n1cnc2cc(C(=O)Nc3ccc(OC(F)(F)Cl)cc3)cc(-c3cncnc3)c21. The zero-order chi connectivity index (χ0) is 24.6. The Labute approximate surface area is 205 Å². The second kappa shape index (κ2) is 9.22. The molecule has 2 aromatic heterocycles. The highest BCUT2D eigenvalue weighted by atomic mass is 35.5. The summed E-state index contributed by atoms with van der Waals surface area (Å²) in [5.41, 5.74) is 0.240. The van der Waals surface area contributed by atoms with Crippen molar-refractivity contribution in [1.82, 2.24) is 19.5 Å². The lowest BCUT2D eigenvalue weighted by molar-refractivity contribution is -0.0964. The average molecular weight is 498 g/mol. The topological polar surface area (TPSA) is 81.9 Å². The second-order valence-corrected chi connectivity index (χ2v) is 9.11. The van der Waals surface area contributed by atoms with E-state index in [1.165, 1.54) is 43.4 Å². The first kappa shape index (κ1) is 23.2. The summed E-state index contributed by atoms with van der Waals surface area (Å²) in [4.78, 5) is 26.1. The highest BCUT2D eigenvalue weighted by molar-refractivity contribution is 6.20. The van der Waals surface area contributed by atoms with E-state index in [-0.39, 0.29) is 11.7 Å². The summed E-state index contributed by atoms with van der Waals surface area (Å²) in [6, 6.07) is 9.40. The number of benzene rings is 2. The molecule has 0 aliphatic heterocycles. The maximum atomic E-state index is 13.1. The summed E-state index contributed by atoms with van der Waals surface area (Å²) >= 11 is 4.79. The van der Waals surface area contributed by atoms with Gasteiger partial charge in [0.15, 0.2) is 0 Å². The Hall–Kier alpha value is -3.59. The van der Waals surface area contributed by atoms with Crippen LogP contribution < -0.4 is 10.1 Å². The van der Waals surface area contributed by atoms with Gasteiger partial charge in [-0.1, -0.05) is 13.3 Å². The lowest BCUT2D eigenvalue weighted by Crippen LogP contribution is -2.16. The monoisotopic (exact) mass is 497 g/mol. The number of imidazole rings is 1. The van der Waals surface area contributed by atoms with Crippen molar-refractivity contribution >= 4 is 34.2 Å². The van der Waals surface area contributed by atoms with Crippen LogP contribution in [-0.4, -0.2) is 31.0 Å². The standard InChI is InChI=1S/C25H22ClF2N5O2/c1-15-3-2-4-22(15)33-14-31-21-10-16(9-20(23(21)33)17-11-29-13-30-12-17)24(34)32-18-5-7-19(8-6-18)35-25(26,27)28/h5-15,22H,2-4H2,1H3,(H,32,34)/t15-,22+/m0/s1. The number of rotatable bonds is 6. The van der Waals surface area contributed by atoms with Crippen molar-refractivity contribution in [2.45, 2.75) is 37.8 Å². The smallest absolute Gasteiger partial charge is 0.420 e. The van der Waals surface area contributed by atoms with Crippen LogP contribution >= 0.6 is 11.6 Å². The fourth-order valence-corrected chi connectivity index (χ4v) is 4.78. The summed E-state index contributed by atoms with van der Waals surface area (Å²) in [5.74, 6) is 0.0357. The fourth-order valence-electron chi connectivity index (χ4n) is 4.69. The summed E-state index contributed by atoms with van der Waals surface area (Å²) in [7, 11) is 0. The van der Waals surface area contributed by atoms with E-state index in [1.807, 2.05) is 6.33 Å². The summed E-state index contributed by atoms with van der Waals surface area (Å²) in [5, 5.41) is 2.78. The molecule has 7 nitrogen and oxygen atoms in total. The number of ether oxygens (including phenoxy) is 1. The van der Waals surface area contributed by atoms with Crippen LogP contribution in [0, 0.1) is 5.92 Å². The molecule has 35 heavy (non-hydrogen) atoms. The van der Waals surface area contributed by atoms with Crippen molar-refractivity contribution in [3.63, 3.8) is 0 Å². The van der Waals surface area contributed by atoms with Gasteiger partial charge in [0, 0.05) is 52.4 Å². The molecular weight excluding hydrogens is 476 g/mol. The highest BCUT2D eigenvalue weighted by Crippen LogP contribution is 2.39. The lowest BCUT2D eigenvalue weighted by Gasteiger charge is -2.20. The normalized spacial score (nSPS) is 18.1. The first-order valence-electron chi connectivity index (χ1n) is 11.2. The van der Waals surface area contributed by atoms with Crippen LogP contribution in [0.5, 0.6) is 5.75 Å². The zero-order valence-electron chi connectivity index (χ0n) is 18.8. The van der Waals surface area contributed by atoms with E-state index in [0.717, 1.165) is 23.1 Å².